The number of carbonyl (C=O) groups excluding carboxylic acids is 2. The molecule has 0 radical (unpaired) electrons. The van der Waals surface area contributed by atoms with Crippen LogP contribution in [0.3, 0.4) is 0 Å². The maximum Gasteiger partial charge on any atom is 0.222 e. The number of Topliss-reactive ketones (excluding diaryl/α,β-unsaturated/α-hetero) is 1. The normalized spacial score (nSPS) is 11.3. The van der Waals surface area contributed by atoms with E-state index in [1.165, 1.54) is 0 Å². The predicted molar refractivity (Wildman–Crippen MR) is 92.4 cm³/mol. The number of ether oxygens (including phenoxy) is 2. The van der Waals surface area contributed by atoms with E-state index in [-0.39, 0.29) is 17.6 Å². The number of hydrogen-bond acceptors (Lipinski definition) is 4. The van der Waals surface area contributed by atoms with E-state index >= 15 is 0 Å². The first-order valence-corrected chi connectivity index (χ1v) is 8.76. The van der Waals surface area contributed by atoms with Crippen molar-refractivity contribution in [2.75, 3.05) is 40.0 Å². The third kappa shape index (κ3) is 13.2. The lowest BCUT2D eigenvalue weighted by molar-refractivity contribution is -0.130. The van der Waals surface area contributed by atoms with Crippen molar-refractivity contribution < 1.29 is 19.1 Å². The Morgan fingerprint density at radius 3 is 1.87 bits per heavy atom. The highest BCUT2D eigenvalue weighted by Crippen LogP contribution is 2.02. The van der Waals surface area contributed by atoms with Gasteiger partial charge in [0.1, 0.15) is 5.78 Å². The summed E-state index contributed by atoms with van der Waals surface area (Å²) in [6.45, 7) is 11.1. The Bertz CT molecular complexity index is 329. The van der Waals surface area contributed by atoms with Gasteiger partial charge in [0.25, 0.3) is 0 Å². The van der Waals surface area contributed by atoms with Crippen molar-refractivity contribution in [3.05, 3.63) is 0 Å². The van der Waals surface area contributed by atoms with Gasteiger partial charge in [-0.25, -0.2) is 0 Å². The van der Waals surface area contributed by atoms with Crippen molar-refractivity contribution in [1.82, 2.24) is 4.90 Å². The molecule has 0 unspecified atom stereocenters. The molecule has 0 saturated carbocycles. The van der Waals surface area contributed by atoms with Crippen LogP contribution in [0.5, 0.6) is 0 Å². The van der Waals surface area contributed by atoms with Gasteiger partial charge in [-0.15, -0.1) is 0 Å². The molecule has 5 nitrogen and oxygen atoms in total. The summed E-state index contributed by atoms with van der Waals surface area (Å²) in [6.07, 6.45) is 2.63. The van der Waals surface area contributed by atoms with Crippen LogP contribution in [-0.2, 0) is 19.1 Å². The van der Waals surface area contributed by atoms with E-state index < -0.39 is 0 Å². The second-order valence-corrected chi connectivity index (χ2v) is 6.72. The fraction of sp³-hybridized carbons (Fsp3) is 0.889. The number of carbonyl (C=O) groups is 2. The van der Waals surface area contributed by atoms with Gasteiger partial charge in [-0.1, -0.05) is 27.7 Å². The van der Waals surface area contributed by atoms with Crippen LogP contribution in [0.25, 0.3) is 0 Å². The summed E-state index contributed by atoms with van der Waals surface area (Å²) in [5.74, 6) is 1.07. The predicted octanol–water partition coefficient (Wildman–Crippen LogP) is 2.92. The van der Waals surface area contributed by atoms with E-state index in [0.29, 0.717) is 45.2 Å². The zero-order chi connectivity index (χ0) is 17.7. The van der Waals surface area contributed by atoms with Crippen molar-refractivity contribution in [3.63, 3.8) is 0 Å². The smallest absolute Gasteiger partial charge is 0.222 e. The molecule has 0 aromatic carbocycles. The van der Waals surface area contributed by atoms with Gasteiger partial charge in [0.2, 0.25) is 5.91 Å². The quantitative estimate of drug-likeness (QED) is 0.460. The summed E-state index contributed by atoms with van der Waals surface area (Å²) >= 11 is 0. The Balaban J connectivity index is 3.37. The summed E-state index contributed by atoms with van der Waals surface area (Å²) in [5, 5.41) is 0. The number of hydrogen-bond donors (Lipinski definition) is 0. The van der Waals surface area contributed by atoms with Crippen LogP contribution in [0.1, 0.15) is 53.4 Å². The Morgan fingerprint density at radius 1 is 0.870 bits per heavy atom. The highest BCUT2D eigenvalue weighted by molar-refractivity contribution is 5.80. The van der Waals surface area contributed by atoms with Crippen molar-refractivity contribution >= 4 is 11.7 Å². The highest BCUT2D eigenvalue weighted by atomic mass is 16.5. The minimum absolute atomic E-state index is 0.112. The molecule has 0 atom stereocenters. The average Bonchev–Trinajstić information content (AvgIpc) is 2.47. The van der Waals surface area contributed by atoms with Crippen LogP contribution in [0.15, 0.2) is 0 Å². The lowest BCUT2D eigenvalue weighted by atomic mass is 10.1. The summed E-state index contributed by atoms with van der Waals surface area (Å²) in [4.78, 5) is 25.0. The van der Waals surface area contributed by atoms with Gasteiger partial charge in [-0.05, 0) is 18.8 Å². The molecule has 0 saturated heterocycles. The SMILES string of the molecule is CC(C)CN(C)C(=O)CCCOCCOCCCC(=O)C(C)C. The molecule has 136 valence electrons. The molecule has 0 aliphatic rings. The van der Waals surface area contributed by atoms with Crippen LogP contribution in [0, 0.1) is 11.8 Å². The second kappa shape index (κ2) is 13.5. The van der Waals surface area contributed by atoms with Crippen LogP contribution in [0.4, 0.5) is 0 Å². The average molecular weight is 329 g/mol. The maximum absolute atomic E-state index is 11.8. The standard InChI is InChI=1S/C18H35NO4/c1-15(2)14-19(5)18(21)9-7-11-23-13-12-22-10-6-8-17(20)16(3)4/h15-16H,6-14H2,1-5H3. The minimum atomic E-state index is 0.112. The molecule has 0 rings (SSSR count). The van der Waals surface area contributed by atoms with E-state index in [2.05, 4.69) is 13.8 Å². The molecule has 23 heavy (non-hydrogen) atoms. The van der Waals surface area contributed by atoms with Crippen LogP contribution in [-0.4, -0.2) is 56.6 Å². The fourth-order valence-corrected chi connectivity index (χ4v) is 2.12. The van der Waals surface area contributed by atoms with Gasteiger partial charge < -0.3 is 14.4 Å². The van der Waals surface area contributed by atoms with Crippen molar-refractivity contribution in [3.8, 4) is 0 Å². The van der Waals surface area contributed by atoms with Gasteiger partial charge in [0.15, 0.2) is 0 Å². The lowest BCUT2D eigenvalue weighted by Crippen LogP contribution is -2.30. The van der Waals surface area contributed by atoms with Crippen LogP contribution in [0.2, 0.25) is 0 Å². The molecule has 5 heteroatoms. The number of ketones is 1. The van der Waals surface area contributed by atoms with Crippen molar-refractivity contribution in [2.24, 2.45) is 11.8 Å². The zero-order valence-corrected chi connectivity index (χ0v) is 15.6. The van der Waals surface area contributed by atoms with E-state index in [1.807, 2.05) is 20.9 Å². The highest BCUT2D eigenvalue weighted by Gasteiger charge is 2.09. The first-order valence-electron chi connectivity index (χ1n) is 8.76. The minimum Gasteiger partial charge on any atom is -0.379 e. The first-order chi connectivity index (χ1) is 10.8. The van der Waals surface area contributed by atoms with E-state index in [4.69, 9.17) is 9.47 Å². The Labute approximate surface area is 141 Å². The lowest BCUT2D eigenvalue weighted by Gasteiger charge is -2.19. The second-order valence-electron chi connectivity index (χ2n) is 6.72. The van der Waals surface area contributed by atoms with Crippen LogP contribution >= 0.6 is 0 Å². The molecule has 0 heterocycles. The Morgan fingerprint density at radius 2 is 1.39 bits per heavy atom. The molecular formula is C18H35NO4. The molecule has 0 fully saturated rings. The monoisotopic (exact) mass is 329 g/mol. The molecule has 0 N–H and O–H groups in total. The Kier molecular flexibility index (Phi) is 12.9. The summed E-state index contributed by atoms with van der Waals surface area (Å²) in [6, 6.07) is 0. The van der Waals surface area contributed by atoms with Crippen LogP contribution < -0.4 is 0 Å². The molecule has 0 aliphatic heterocycles. The molecule has 0 aliphatic carbocycles. The molecule has 0 bridgehead atoms. The molecule has 0 spiro atoms. The fourth-order valence-electron chi connectivity index (χ4n) is 2.12. The molecule has 0 aromatic rings. The van der Waals surface area contributed by atoms with E-state index in [0.717, 1.165) is 19.4 Å². The Hall–Kier alpha value is -0.940. The van der Waals surface area contributed by atoms with Gasteiger partial charge >= 0.3 is 0 Å². The third-order valence-corrected chi connectivity index (χ3v) is 3.47. The van der Waals surface area contributed by atoms with Gasteiger partial charge in [-0.3, -0.25) is 9.59 Å². The van der Waals surface area contributed by atoms with Gasteiger partial charge in [0.05, 0.1) is 13.2 Å². The van der Waals surface area contributed by atoms with Gasteiger partial charge in [0, 0.05) is 45.6 Å². The van der Waals surface area contributed by atoms with Gasteiger partial charge in [-0.2, -0.15) is 0 Å². The van der Waals surface area contributed by atoms with E-state index in [1.54, 1.807) is 4.90 Å². The molecule has 1 amide bonds. The van der Waals surface area contributed by atoms with E-state index in [9.17, 15) is 9.59 Å². The summed E-state index contributed by atoms with van der Waals surface area (Å²) in [7, 11) is 1.85. The molecular weight excluding hydrogens is 294 g/mol. The summed E-state index contributed by atoms with van der Waals surface area (Å²) in [5.41, 5.74) is 0. The van der Waals surface area contributed by atoms with Crippen molar-refractivity contribution in [1.29, 1.82) is 0 Å². The zero-order valence-electron chi connectivity index (χ0n) is 15.6. The number of nitrogens with zero attached hydrogens (tertiary/aromatic N) is 1. The van der Waals surface area contributed by atoms with Crippen molar-refractivity contribution in [2.45, 2.75) is 53.4 Å². The summed E-state index contributed by atoms with van der Waals surface area (Å²) < 4.78 is 10.9. The number of amides is 1. The number of rotatable bonds is 14. The maximum atomic E-state index is 11.8. The largest absolute Gasteiger partial charge is 0.379 e. The third-order valence-electron chi connectivity index (χ3n) is 3.47. The first kappa shape index (κ1) is 22.1. The molecule has 0 aromatic heterocycles. The topological polar surface area (TPSA) is 55.8 Å².